The van der Waals surface area contributed by atoms with Gasteiger partial charge in [-0.25, -0.2) is 8.78 Å². The highest BCUT2D eigenvalue weighted by atomic mass is 79.9. The lowest BCUT2D eigenvalue weighted by atomic mass is 10.2. The van der Waals surface area contributed by atoms with E-state index in [0.29, 0.717) is 23.1 Å². The Bertz CT molecular complexity index is 543. The van der Waals surface area contributed by atoms with Crippen LogP contribution in [0.15, 0.2) is 46.9 Å². The maximum Gasteiger partial charge on any atom is 0.137 e. The Labute approximate surface area is 113 Å². The van der Waals surface area contributed by atoms with E-state index < -0.39 is 0 Å². The van der Waals surface area contributed by atoms with Gasteiger partial charge in [0.1, 0.15) is 11.6 Å². The van der Waals surface area contributed by atoms with Crippen molar-refractivity contribution in [2.24, 2.45) is 0 Å². The molecule has 0 saturated heterocycles. The van der Waals surface area contributed by atoms with Gasteiger partial charge in [-0.1, -0.05) is 24.3 Å². The average molecular weight is 312 g/mol. The summed E-state index contributed by atoms with van der Waals surface area (Å²) in [5, 5.41) is 3.08. The fourth-order valence-corrected chi connectivity index (χ4v) is 1.88. The molecule has 0 saturated carbocycles. The fourth-order valence-electron chi connectivity index (χ4n) is 1.63. The van der Waals surface area contributed by atoms with E-state index in [1.807, 2.05) is 6.07 Å². The predicted octanol–water partition coefficient (Wildman–Crippen LogP) is 4.02. The van der Waals surface area contributed by atoms with Crippen LogP contribution >= 0.6 is 15.9 Å². The molecule has 94 valence electrons. The number of benzene rings is 2. The van der Waals surface area contributed by atoms with Crippen LogP contribution in [-0.2, 0) is 13.1 Å². The third kappa shape index (κ3) is 3.37. The average Bonchev–Trinajstić information content (AvgIpc) is 2.36. The van der Waals surface area contributed by atoms with Crippen molar-refractivity contribution in [3.05, 3.63) is 69.7 Å². The van der Waals surface area contributed by atoms with Crippen molar-refractivity contribution in [2.45, 2.75) is 13.1 Å². The molecular weight excluding hydrogens is 300 g/mol. The SMILES string of the molecule is Fc1cc(CNCc2ccccc2F)ccc1Br. The monoisotopic (exact) mass is 311 g/mol. The maximum absolute atomic E-state index is 13.3. The van der Waals surface area contributed by atoms with Gasteiger partial charge >= 0.3 is 0 Å². The second kappa shape index (κ2) is 6.07. The van der Waals surface area contributed by atoms with Crippen molar-refractivity contribution in [1.82, 2.24) is 5.32 Å². The molecule has 18 heavy (non-hydrogen) atoms. The zero-order valence-corrected chi connectivity index (χ0v) is 11.2. The molecule has 2 rings (SSSR count). The second-order valence-electron chi connectivity index (χ2n) is 3.94. The lowest BCUT2D eigenvalue weighted by Crippen LogP contribution is -2.13. The van der Waals surface area contributed by atoms with Gasteiger partial charge in [-0.3, -0.25) is 0 Å². The van der Waals surface area contributed by atoms with Crippen LogP contribution in [0.5, 0.6) is 0 Å². The van der Waals surface area contributed by atoms with Crippen LogP contribution in [0, 0.1) is 11.6 Å². The normalized spacial score (nSPS) is 10.6. The smallest absolute Gasteiger partial charge is 0.137 e. The molecule has 0 spiro atoms. The number of nitrogens with one attached hydrogen (secondary N) is 1. The van der Waals surface area contributed by atoms with Gasteiger partial charge < -0.3 is 5.32 Å². The van der Waals surface area contributed by atoms with E-state index in [2.05, 4.69) is 21.2 Å². The number of rotatable bonds is 4. The Hall–Kier alpha value is -1.26. The summed E-state index contributed by atoms with van der Waals surface area (Å²) in [4.78, 5) is 0. The first-order valence-corrected chi connectivity index (χ1v) is 6.34. The minimum atomic E-state index is -0.291. The Morgan fingerprint density at radius 1 is 0.944 bits per heavy atom. The third-order valence-corrected chi connectivity index (χ3v) is 3.23. The topological polar surface area (TPSA) is 12.0 Å². The van der Waals surface area contributed by atoms with Crippen LogP contribution in [0.25, 0.3) is 0 Å². The summed E-state index contributed by atoms with van der Waals surface area (Å²) in [6.45, 7) is 0.920. The summed E-state index contributed by atoms with van der Waals surface area (Å²) < 4.78 is 27.0. The molecule has 2 aromatic rings. The minimum Gasteiger partial charge on any atom is -0.309 e. The molecule has 0 unspecified atom stereocenters. The highest BCUT2D eigenvalue weighted by Crippen LogP contribution is 2.16. The quantitative estimate of drug-likeness (QED) is 0.899. The van der Waals surface area contributed by atoms with Gasteiger partial charge in [0.15, 0.2) is 0 Å². The second-order valence-corrected chi connectivity index (χ2v) is 4.80. The van der Waals surface area contributed by atoms with Crippen molar-refractivity contribution in [3.8, 4) is 0 Å². The molecule has 0 aliphatic rings. The summed E-state index contributed by atoms with van der Waals surface area (Å²) >= 11 is 3.10. The number of hydrogen-bond donors (Lipinski definition) is 1. The van der Waals surface area contributed by atoms with E-state index in [4.69, 9.17) is 0 Å². The van der Waals surface area contributed by atoms with E-state index in [0.717, 1.165) is 5.56 Å². The van der Waals surface area contributed by atoms with Crippen molar-refractivity contribution in [1.29, 1.82) is 0 Å². The van der Waals surface area contributed by atoms with Crippen molar-refractivity contribution in [2.75, 3.05) is 0 Å². The largest absolute Gasteiger partial charge is 0.309 e. The number of hydrogen-bond acceptors (Lipinski definition) is 1. The summed E-state index contributed by atoms with van der Waals surface area (Å²) in [5.74, 6) is -0.521. The van der Waals surface area contributed by atoms with E-state index in [1.54, 1.807) is 24.3 Å². The van der Waals surface area contributed by atoms with E-state index in [-0.39, 0.29) is 11.6 Å². The molecule has 1 nitrogen and oxygen atoms in total. The van der Waals surface area contributed by atoms with Crippen LogP contribution in [0.4, 0.5) is 8.78 Å². The summed E-state index contributed by atoms with van der Waals surface area (Å²) in [5.41, 5.74) is 1.43. The molecule has 0 atom stereocenters. The highest BCUT2D eigenvalue weighted by Gasteiger charge is 2.02. The molecule has 0 bridgehead atoms. The fraction of sp³-hybridized carbons (Fsp3) is 0.143. The Morgan fingerprint density at radius 3 is 2.44 bits per heavy atom. The van der Waals surface area contributed by atoms with Crippen LogP contribution in [0.2, 0.25) is 0 Å². The molecule has 0 aliphatic heterocycles. The van der Waals surface area contributed by atoms with Crippen LogP contribution in [0.3, 0.4) is 0 Å². The summed E-state index contributed by atoms with van der Waals surface area (Å²) in [6.07, 6.45) is 0. The Kier molecular flexibility index (Phi) is 4.44. The zero-order chi connectivity index (χ0) is 13.0. The van der Waals surface area contributed by atoms with E-state index in [1.165, 1.54) is 12.1 Å². The van der Waals surface area contributed by atoms with E-state index in [9.17, 15) is 8.78 Å². The van der Waals surface area contributed by atoms with Crippen molar-refractivity contribution < 1.29 is 8.78 Å². The van der Waals surface area contributed by atoms with Gasteiger partial charge in [0, 0.05) is 18.7 Å². The Morgan fingerprint density at radius 2 is 1.72 bits per heavy atom. The zero-order valence-electron chi connectivity index (χ0n) is 9.59. The number of halogens is 3. The molecule has 1 N–H and O–H groups in total. The van der Waals surface area contributed by atoms with Gasteiger partial charge in [-0.15, -0.1) is 0 Å². The Balaban J connectivity index is 1.92. The maximum atomic E-state index is 13.3. The van der Waals surface area contributed by atoms with Crippen LogP contribution in [-0.4, -0.2) is 0 Å². The van der Waals surface area contributed by atoms with E-state index >= 15 is 0 Å². The first-order chi connectivity index (χ1) is 8.66. The van der Waals surface area contributed by atoms with Gasteiger partial charge in [-0.05, 0) is 39.7 Å². The molecule has 4 heteroatoms. The van der Waals surface area contributed by atoms with Gasteiger partial charge in [0.25, 0.3) is 0 Å². The molecule has 0 radical (unpaired) electrons. The predicted molar refractivity (Wildman–Crippen MR) is 71.0 cm³/mol. The molecule has 0 fully saturated rings. The molecule has 0 aliphatic carbocycles. The molecule has 0 heterocycles. The highest BCUT2D eigenvalue weighted by molar-refractivity contribution is 9.10. The third-order valence-electron chi connectivity index (χ3n) is 2.59. The molecule has 0 aromatic heterocycles. The lowest BCUT2D eigenvalue weighted by Gasteiger charge is -2.06. The lowest BCUT2D eigenvalue weighted by molar-refractivity contribution is 0.585. The van der Waals surface area contributed by atoms with Crippen molar-refractivity contribution >= 4 is 15.9 Å². The van der Waals surface area contributed by atoms with Gasteiger partial charge in [0.2, 0.25) is 0 Å². The summed E-state index contributed by atoms with van der Waals surface area (Å²) in [7, 11) is 0. The molecular formula is C14H12BrF2N. The minimum absolute atomic E-state index is 0.230. The molecule has 2 aromatic carbocycles. The summed E-state index contributed by atoms with van der Waals surface area (Å²) in [6, 6.07) is 11.5. The standard InChI is InChI=1S/C14H12BrF2N/c15-12-6-5-10(7-14(12)17)8-18-9-11-3-1-2-4-13(11)16/h1-7,18H,8-9H2. The van der Waals surface area contributed by atoms with Crippen molar-refractivity contribution in [3.63, 3.8) is 0 Å². The first kappa shape index (κ1) is 13.2. The molecule has 0 amide bonds. The van der Waals surface area contributed by atoms with Gasteiger partial charge in [-0.2, -0.15) is 0 Å². The van der Waals surface area contributed by atoms with Gasteiger partial charge in [0.05, 0.1) is 4.47 Å². The van der Waals surface area contributed by atoms with Crippen LogP contribution in [0.1, 0.15) is 11.1 Å². The first-order valence-electron chi connectivity index (χ1n) is 5.55. The van der Waals surface area contributed by atoms with Crippen LogP contribution < -0.4 is 5.32 Å².